The van der Waals surface area contributed by atoms with Gasteiger partial charge in [0.15, 0.2) is 0 Å². The molecule has 1 saturated heterocycles. The molecule has 0 radical (unpaired) electrons. The van der Waals surface area contributed by atoms with Crippen molar-refractivity contribution in [2.24, 2.45) is 0 Å². The second-order valence-electron chi connectivity index (χ2n) is 7.75. The van der Waals surface area contributed by atoms with Crippen molar-refractivity contribution in [3.63, 3.8) is 0 Å². The van der Waals surface area contributed by atoms with Gasteiger partial charge in [0.2, 0.25) is 11.8 Å². The van der Waals surface area contributed by atoms with Crippen molar-refractivity contribution in [2.45, 2.75) is 45.4 Å². The van der Waals surface area contributed by atoms with E-state index in [0.717, 1.165) is 29.8 Å². The maximum Gasteiger partial charge on any atom is 0.232 e. The fourth-order valence-electron chi connectivity index (χ4n) is 4.12. The monoisotopic (exact) mass is 396 g/mol. The molecule has 0 N–H and O–H groups in total. The Morgan fingerprint density at radius 2 is 2.00 bits per heavy atom. The first-order chi connectivity index (χ1) is 14.0. The topological polar surface area (TPSA) is 66.4 Å². The number of hydrogen-bond donors (Lipinski definition) is 0. The Morgan fingerprint density at radius 3 is 2.72 bits per heavy atom. The van der Waals surface area contributed by atoms with Gasteiger partial charge in [-0.1, -0.05) is 19.1 Å². The molecule has 0 bridgehead atoms. The zero-order valence-corrected chi connectivity index (χ0v) is 16.8. The van der Waals surface area contributed by atoms with Crippen molar-refractivity contribution < 1.29 is 14.0 Å². The van der Waals surface area contributed by atoms with Crippen LogP contribution in [0.2, 0.25) is 0 Å². The minimum atomic E-state index is -0.267. The number of aryl methyl sites for hydroxylation is 1. The summed E-state index contributed by atoms with van der Waals surface area (Å²) in [6.07, 6.45) is 2.29. The van der Waals surface area contributed by atoms with Crippen molar-refractivity contribution in [2.75, 3.05) is 24.5 Å². The van der Waals surface area contributed by atoms with Crippen molar-refractivity contribution in [3.8, 4) is 0 Å². The van der Waals surface area contributed by atoms with E-state index in [1.54, 1.807) is 17.0 Å². The summed E-state index contributed by atoms with van der Waals surface area (Å²) in [4.78, 5) is 37.6. The summed E-state index contributed by atoms with van der Waals surface area (Å²) in [6.45, 7) is 5.65. The maximum absolute atomic E-state index is 13.1. The smallest absolute Gasteiger partial charge is 0.232 e. The van der Waals surface area contributed by atoms with E-state index in [1.807, 2.05) is 18.7 Å². The first kappa shape index (κ1) is 19.5. The third-order valence-corrected chi connectivity index (χ3v) is 5.84. The summed E-state index contributed by atoms with van der Waals surface area (Å²) in [5.41, 5.74) is 2.70. The molecule has 152 valence electrons. The van der Waals surface area contributed by atoms with Crippen LogP contribution in [-0.4, -0.2) is 46.3 Å². The predicted octanol–water partition coefficient (Wildman–Crippen LogP) is 2.78. The Bertz CT molecular complexity index is 945. The van der Waals surface area contributed by atoms with E-state index >= 15 is 0 Å². The minimum absolute atomic E-state index is 0.0193. The highest BCUT2D eigenvalue weighted by Crippen LogP contribution is 2.33. The molecule has 2 aliphatic rings. The van der Waals surface area contributed by atoms with Gasteiger partial charge in [0, 0.05) is 43.2 Å². The zero-order chi connectivity index (χ0) is 20.5. The normalized spacial score (nSPS) is 18.4. The Balaban J connectivity index is 1.54. The van der Waals surface area contributed by atoms with Gasteiger partial charge in [0.1, 0.15) is 17.5 Å². The standard InChI is InChI=1S/C22H25FN4O2/c1-3-19(28)26-10-9-16(13-26)21-24-14(2)18-12-20(29)27(22(18)25-21)11-8-15-4-6-17(23)7-5-15/h4-7,16H,3,8-13H2,1-2H3/t16-/m0/s1. The van der Waals surface area contributed by atoms with E-state index in [0.29, 0.717) is 44.0 Å². The number of aromatic nitrogens is 2. The van der Waals surface area contributed by atoms with E-state index in [-0.39, 0.29) is 23.5 Å². The highest BCUT2D eigenvalue weighted by molar-refractivity contribution is 6.00. The number of amides is 2. The first-order valence-electron chi connectivity index (χ1n) is 10.2. The third-order valence-electron chi connectivity index (χ3n) is 5.84. The van der Waals surface area contributed by atoms with Crippen LogP contribution in [0.3, 0.4) is 0 Å². The van der Waals surface area contributed by atoms with E-state index in [4.69, 9.17) is 4.98 Å². The number of anilines is 1. The Morgan fingerprint density at radius 1 is 1.24 bits per heavy atom. The Hall–Kier alpha value is -2.83. The average Bonchev–Trinajstić information content (AvgIpc) is 3.32. The average molecular weight is 396 g/mol. The molecular weight excluding hydrogens is 371 g/mol. The van der Waals surface area contributed by atoms with Gasteiger partial charge >= 0.3 is 0 Å². The summed E-state index contributed by atoms with van der Waals surface area (Å²) in [5.74, 6) is 1.42. The number of fused-ring (bicyclic) bond motifs is 1. The molecule has 6 nitrogen and oxygen atoms in total. The fourth-order valence-corrected chi connectivity index (χ4v) is 4.12. The van der Waals surface area contributed by atoms with E-state index in [1.165, 1.54) is 12.1 Å². The summed E-state index contributed by atoms with van der Waals surface area (Å²) in [6, 6.07) is 6.35. The largest absolute Gasteiger partial charge is 0.342 e. The summed E-state index contributed by atoms with van der Waals surface area (Å²) in [7, 11) is 0. The number of hydrogen-bond acceptors (Lipinski definition) is 4. The SMILES string of the molecule is CCC(=O)N1CC[C@H](c2nc(C)c3c(n2)N(CCc2ccc(F)cc2)C(=O)C3)C1. The Kier molecular flexibility index (Phi) is 5.30. The molecule has 0 aliphatic carbocycles. The molecule has 0 unspecified atom stereocenters. The molecule has 0 spiro atoms. The molecule has 2 amide bonds. The molecule has 4 rings (SSSR count). The van der Waals surface area contributed by atoms with Gasteiger partial charge in [-0.25, -0.2) is 14.4 Å². The van der Waals surface area contributed by atoms with Crippen LogP contribution in [0.1, 0.15) is 48.3 Å². The van der Waals surface area contributed by atoms with E-state index in [2.05, 4.69) is 4.98 Å². The lowest BCUT2D eigenvalue weighted by atomic mass is 10.1. The van der Waals surface area contributed by atoms with Crippen LogP contribution in [0.25, 0.3) is 0 Å². The van der Waals surface area contributed by atoms with Gasteiger partial charge in [0.25, 0.3) is 0 Å². The number of nitrogens with zero attached hydrogens (tertiary/aromatic N) is 4. The molecule has 29 heavy (non-hydrogen) atoms. The molecule has 1 aromatic carbocycles. The second-order valence-corrected chi connectivity index (χ2v) is 7.75. The first-order valence-corrected chi connectivity index (χ1v) is 10.2. The summed E-state index contributed by atoms with van der Waals surface area (Å²) < 4.78 is 13.1. The molecular formula is C22H25FN4O2. The van der Waals surface area contributed by atoms with Crippen molar-refractivity contribution >= 4 is 17.6 Å². The van der Waals surface area contributed by atoms with Crippen LogP contribution >= 0.6 is 0 Å². The van der Waals surface area contributed by atoms with Crippen LogP contribution < -0.4 is 4.90 Å². The molecule has 3 heterocycles. The maximum atomic E-state index is 13.1. The highest BCUT2D eigenvalue weighted by Gasteiger charge is 2.34. The minimum Gasteiger partial charge on any atom is -0.342 e. The van der Waals surface area contributed by atoms with Crippen molar-refractivity contribution in [1.82, 2.24) is 14.9 Å². The van der Waals surface area contributed by atoms with Crippen LogP contribution in [0, 0.1) is 12.7 Å². The predicted molar refractivity (Wildman–Crippen MR) is 107 cm³/mol. The van der Waals surface area contributed by atoms with Gasteiger partial charge < -0.3 is 4.90 Å². The van der Waals surface area contributed by atoms with Crippen molar-refractivity contribution in [1.29, 1.82) is 0 Å². The van der Waals surface area contributed by atoms with E-state index in [9.17, 15) is 14.0 Å². The van der Waals surface area contributed by atoms with Gasteiger partial charge in [-0.05, 0) is 37.5 Å². The van der Waals surface area contributed by atoms with Gasteiger partial charge in [-0.15, -0.1) is 0 Å². The molecule has 7 heteroatoms. The van der Waals surface area contributed by atoms with Crippen molar-refractivity contribution in [3.05, 3.63) is 52.7 Å². The number of carbonyl (C=O) groups is 2. The zero-order valence-electron chi connectivity index (χ0n) is 16.8. The van der Waals surface area contributed by atoms with Crippen LogP contribution in [0.15, 0.2) is 24.3 Å². The van der Waals surface area contributed by atoms with Gasteiger partial charge in [-0.2, -0.15) is 0 Å². The van der Waals surface area contributed by atoms with Crippen LogP contribution in [0.4, 0.5) is 10.2 Å². The third kappa shape index (κ3) is 3.86. The molecule has 1 atom stereocenters. The lowest BCUT2D eigenvalue weighted by Crippen LogP contribution is -2.30. The number of likely N-dealkylation sites (tertiary alicyclic amines) is 1. The molecule has 0 saturated carbocycles. The molecule has 2 aliphatic heterocycles. The van der Waals surface area contributed by atoms with Crippen LogP contribution in [0.5, 0.6) is 0 Å². The molecule has 1 fully saturated rings. The van der Waals surface area contributed by atoms with Crippen LogP contribution in [-0.2, 0) is 22.4 Å². The lowest BCUT2D eigenvalue weighted by molar-refractivity contribution is -0.129. The van der Waals surface area contributed by atoms with Gasteiger partial charge in [0.05, 0.1) is 6.42 Å². The number of benzene rings is 1. The molecule has 1 aromatic heterocycles. The molecule has 2 aromatic rings. The highest BCUT2D eigenvalue weighted by atomic mass is 19.1. The Labute approximate surface area is 169 Å². The number of halogens is 1. The second kappa shape index (κ2) is 7.89. The quantitative estimate of drug-likeness (QED) is 0.780. The van der Waals surface area contributed by atoms with Gasteiger partial charge in [-0.3, -0.25) is 14.5 Å². The fraction of sp³-hybridized carbons (Fsp3) is 0.455. The summed E-state index contributed by atoms with van der Waals surface area (Å²) in [5, 5.41) is 0. The number of rotatable bonds is 5. The number of carbonyl (C=O) groups excluding carboxylic acids is 2. The summed E-state index contributed by atoms with van der Waals surface area (Å²) >= 11 is 0. The lowest BCUT2D eigenvalue weighted by Gasteiger charge is -2.19. The van der Waals surface area contributed by atoms with E-state index < -0.39 is 0 Å².